The Morgan fingerprint density at radius 2 is 1.92 bits per heavy atom. The summed E-state index contributed by atoms with van der Waals surface area (Å²) in [5.74, 6) is 0.201. The molecule has 80 valence electrons. The third kappa shape index (κ3) is 4.59. The second kappa shape index (κ2) is 6.34. The lowest BCUT2D eigenvalue weighted by molar-refractivity contribution is 0.271. The molecule has 0 amide bonds. The summed E-state index contributed by atoms with van der Waals surface area (Å²) < 4.78 is 24.4. The highest BCUT2D eigenvalue weighted by atomic mass is 32.2. The van der Waals surface area contributed by atoms with Crippen LogP contribution in [0, 0.1) is 0 Å². The molecule has 0 unspecified atom stereocenters. The van der Waals surface area contributed by atoms with Gasteiger partial charge in [-0.3, -0.25) is 0 Å². The van der Waals surface area contributed by atoms with Crippen LogP contribution in [0.4, 0.5) is 0 Å². The van der Waals surface area contributed by atoms with Gasteiger partial charge in [0, 0.05) is 19.7 Å². The van der Waals surface area contributed by atoms with E-state index in [-0.39, 0.29) is 12.4 Å². The van der Waals surface area contributed by atoms with Crippen molar-refractivity contribution in [1.29, 1.82) is 0 Å². The first-order valence-corrected chi connectivity index (χ1v) is 6.28. The first-order valence-electron chi connectivity index (χ1n) is 4.67. The lowest BCUT2D eigenvalue weighted by atomic mass is 10.4. The van der Waals surface area contributed by atoms with Crippen LogP contribution in [0.5, 0.6) is 0 Å². The van der Waals surface area contributed by atoms with Gasteiger partial charge in [-0.15, -0.1) is 0 Å². The van der Waals surface area contributed by atoms with E-state index in [1.54, 1.807) is 0 Å². The Balaban J connectivity index is 4.20. The normalized spacial score (nSPS) is 12.3. The molecular formula is C8H19NO3S. The summed E-state index contributed by atoms with van der Waals surface area (Å²) in [4.78, 5) is 0. The van der Waals surface area contributed by atoms with Gasteiger partial charge in [0.2, 0.25) is 10.0 Å². The van der Waals surface area contributed by atoms with Crippen molar-refractivity contribution < 1.29 is 13.5 Å². The van der Waals surface area contributed by atoms with Crippen LogP contribution in [0.25, 0.3) is 0 Å². The number of hydrogen-bond acceptors (Lipinski definition) is 3. The zero-order chi connectivity index (χ0) is 10.3. The molecule has 4 nitrogen and oxygen atoms in total. The molecule has 0 saturated heterocycles. The van der Waals surface area contributed by atoms with Crippen molar-refractivity contribution in [2.45, 2.75) is 26.7 Å². The Hall–Kier alpha value is -0.130. The second-order valence-electron chi connectivity index (χ2n) is 2.88. The standard InChI is InChI=1S/C8H19NO3S/c1-3-8-13(11,12)9(4-2)6-5-7-10/h10H,3-8H2,1-2H3. The molecule has 0 atom stereocenters. The van der Waals surface area contributed by atoms with Crippen LogP contribution < -0.4 is 0 Å². The Labute approximate surface area is 80.6 Å². The van der Waals surface area contributed by atoms with Gasteiger partial charge in [-0.25, -0.2) is 12.7 Å². The molecule has 0 rings (SSSR count). The van der Waals surface area contributed by atoms with Gasteiger partial charge in [-0.05, 0) is 12.8 Å². The largest absolute Gasteiger partial charge is 0.396 e. The summed E-state index contributed by atoms with van der Waals surface area (Å²) in [7, 11) is -3.07. The summed E-state index contributed by atoms with van der Waals surface area (Å²) in [6.45, 7) is 4.61. The molecule has 0 aromatic heterocycles. The van der Waals surface area contributed by atoms with Gasteiger partial charge in [0.05, 0.1) is 5.75 Å². The molecule has 0 aliphatic rings. The quantitative estimate of drug-likeness (QED) is 0.661. The fourth-order valence-corrected chi connectivity index (χ4v) is 2.70. The van der Waals surface area contributed by atoms with Gasteiger partial charge in [-0.1, -0.05) is 13.8 Å². The first kappa shape index (κ1) is 12.9. The Morgan fingerprint density at radius 3 is 2.31 bits per heavy atom. The molecule has 0 saturated carbocycles. The smallest absolute Gasteiger partial charge is 0.214 e. The van der Waals surface area contributed by atoms with Gasteiger partial charge in [0.15, 0.2) is 0 Å². The molecule has 0 spiro atoms. The Bertz CT molecular complexity index is 213. The van der Waals surface area contributed by atoms with Crippen molar-refractivity contribution in [2.24, 2.45) is 0 Å². The molecule has 13 heavy (non-hydrogen) atoms. The van der Waals surface area contributed by atoms with Gasteiger partial charge in [0.1, 0.15) is 0 Å². The minimum atomic E-state index is -3.07. The van der Waals surface area contributed by atoms with E-state index in [2.05, 4.69) is 0 Å². The average Bonchev–Trinajstić information content (AvgIpc) is 2.05. The Morgan fingerprint density at radius 1 is 1.31 bits per heavy atom. The molecule has 0 aliphatic carbocycles. The third-order valence-corrected chi connectivity index (χ3v) is 3.93. The number of sulfonamides is 1. The van der Waals surface area contributed by atoms with E-state index in [9.17, 15) is 8.42 Å². The van der Waals surface area contributed by atoms with Crippen LogP contribution in [0.1, 0.15) is 26.7 Å². The van der Waals surface area contributed by atoms with Crippen molar-refractivity contribution in [3.8, 4) is 0 Å². The molecule has 1 N–H and O–H groups in total. The second-order valence-corrected chi connectivity index (χ2v) is 4.97. The fraction of sp³-hybridized carbons (Fsp3) is 1.00. The summed E-state index contributed by atoms with van der Waals surface area (Å²) in [5, 5.41) is 8.58. The molecule has 0 heterocycles. The van der Waals surface area contributed by atoms with Crippen LogP contribution in [0.15, 0.2) is 0 Å². The molecule has 0 radical (unpaired) electrons. The molecule has 0 aromatic rings. The van der Waals surface area contributed by atoms with E-state index in [4.69, 9.17) is 5.11 Å². The van der Waals surface area contributed by atoms with E-state index in [1.807, 2.05) is 13.8 Å². The molecule has 0 fully saturated rings. The van der Waals surface area contributed by atoms with E-state index < -0.39 is 10.0 Å². The van der Waals surface area contributed by atoms with Gasteiger partial charge in [-0.2, -0.15) is 0 Å². The zero-order valence-electron chi connectivity index (χ0n) is 8.36. The maximum atomic E-state index is 11.5. The minimum absolute atomic E-state index is 0.0398. The van der Waals surface area contributed by atoms with E-state index in [0.717, 1.165) is 0 Å². The predicted octanol–water partition coefficient (Wildman–Crippen LogP) is 0.431. The zero-order valence-corrected chi connectivity index (χ0v) is 9.18. The number of aliphatic hydroxyl groups excluding tert-OH is 1. The van der Waals surface area contributed by atoms with E-state index in [1.165, 1.54) is 4.31 Å². The maximum Gasteiger partial charge on any atom is 0.214 e. The topological polar surface area (TPSA) is 57.6 Å². The van der Waals surface area contributed by atoms with Crippen molar-refractivity contribution in [1.82, 2.24) is 4.31 Å². The number of rotatable bonds is 7. The fourth-order valence-electron chi connectivity index (χ4n) is 1.13. The summed E-state index contributed by atoms with van der Waals surface area (Å²) >= 11 is 0. The van der Waals surface area contributed by atoms with E-state index in [0.29, 0.717) is 25.9 Å². The monoisotopic (exact) mass is 209 g/mol. The molecular weight excluding hydrogens is 190 g/mol. The van der Waals surface area contributed by atoms with Gasteiger partial charge < -0.3 is 5.11 Å². The average molecular weight is 209 g/mol. The maximum absolute atomic E-state index is 11.5. The number of aliphatic hydroxyl groups is 1. The molecule has 0 aliphatic heterocycles. The van der Waals surface area contributed by atoms with E-state index >= 15 is 0 Å². The van der Waals surface area contributed by atoms with Gasteiger partial charge >= 0.3 is 0 Å². The third-order valence-electron chi connectivity index (χ3n) is 1.77. The van der Waals surface area contributed by atoms with Crippen molar-refractivity contribution >= 4 is 10.0 Å². The van der Waals surface area contributed by atoms with Crippen LogP contribution in [0.2, 0.25) is 0 Å². The number of hydrogen-bond donors (Lipinski definition) is 1. The van der Waals surface area contributed by atoms with Crippen LogP contribution >= 0.6 is 0 Å². The van der Waals surface area contributed by atoms with Gasteiger partial charge in [0.25, 0.3) is 0 Å². The minimum Gasteiger partial charge on any atom is -0.396 e. The summed E-state index contributed by atoms with van der Waals surface area (Å²) in [6, 6.07) is 0. The highest BCUT2D eigenvalue weighted by molar-refractivity contribution is 7.89. The van der Waals surface area contributed by atoms with Crippen LogP contribution in [-0.4, -0.2) is 43.3 Å². The van der Waals surface area contributed by atoms with Crippen molar-refractivity contribution in [3.05, 3.63) is 0 Å². The van der Waals surface area contributed by atoms with Crippen LogP contribution in [-0.2, 0) is 10.0 Å². The lowest BCUT2D eigenvalue weighted by Gasteiger charge is -2.19. The lowest BCUT2D eigenvalue weighted by Crippen LogP contribution is -2.33. The summed E-state index contributed by atoms with van der Waals surface area (Å²) in [6.07, 6.45) is 1.15. The molecule has 5 heteroatoms. The SMILES string of the molecule is CCCS(=O)(=O)N(CC)CCCO. The highest BCUT2D eigenvalue weighted by Gasteiger charge is 2.17. The molecule has 0 aromatic carbocycles. The van der Waals surface area contributed by atoms with Crippen molar-refractivity contribution in [3.63, 3.8) is 0 Å². The molecule has 0 bridgehead atoms. The first-order chi connectivity index (χ1) is 6.08. The predicted molar refractivity (Wildman–Crippen MR) is 53.0 cm³/mol. The Kier molecular flexibility index (Phi) is 6.28. The highest BCUT2D eigenvalue weighted by Crippen LogP contribution is 2.03. The number of nitrogens with zero attached hydrogens (tertiary/aromatic N) is 1. The summed E-state index contributed by atoms with van der Waals surface area (Å²) in [5.41, 5.74) is 0. The van der Waals surface area contributed by atoms with Crippen molar-refractivity contribution in [2.75, 3.05) is 25.4 Å². The van der Waals surface area contributed by atoms with Crippen LogP contribution in [0.3, 0.4) is 0 Å².